The molecule has 0 aliphatic rings. The molecule has 33 heavy (non-hydrogen) atoms. The molecule has 4 rings (SSSR count). The van der Waals surface area contributed by atoms with E-state index in [0.717, 1.165) is 11.3 Å². The molecule has 1 amide bonds. The van der Waals surface area contributed by atoms with Crippen molar-refractivity contribution in [3.8, 4) is 5.75 Å². The topological polar surface area (TPSA) is 77.4 Å². The first-order chi connectivity index (χ1) is 16.0. The fourth-order valence-electron chi connectivity index (χ4n) is 3.71. The lowest BCUT2D eigenvalue weighted by Gasteiger charge is -2.14. The third kappa shape index (κ3) is 4.85. The normalized spacial score (nSPS) is 10.7. The van der Waals surface area contributed by atoms with Gasteiger partial charge in [0, 0.05) is 22.8 Å². The molecule has 0 aliphatic heterocycles. The number of hydrogen-bond acceptors (Lipinski definition) is 4. The highest BCUT2D eigenvalue weighted by Gasteiger charge is 2.18. The fraction of sp³-hybridized carbons (Fsp3) is 0.148. The van der Waals surface area contributed by atoms with Crippen LogP contribution in [0.25, 0.3) is 10.9 Å². The Kier molecular flexibility index (Phi) is 6.36. The maximum absolute atomic E-state index is 13.2. The summed E-state index contributed by atoms with van der Waals surface area (Å²) in [5.41, 5.74) is 2.24. The highest BCUT2D eigenvalue weighted by Crippen LogP contribution is 2.18. The number of aromatic nitrogens is 1. The molecule has 166 valence electrons. The van der Waals surface area contributed by atoms with Crippen LogP contribution in [-0.4, -0.2) is 22.9 Å². The van der Waals surface area contributed by atoms with E-state index < -0.39 is 0 Å². The average Bonchev–Trinajstić information content (AvgIpc) is 2.82. The van der Waals surface area contributed by atoms with E-state index in [1.807, 2.05) is 26.0 Å². The largest absolute Gasteiger partial charge is 0.494 e. The van der Waals surface area contributed by atoms with Gasteiger partial charge in [0.25, 0.3) is 0 Å². The van der Waals surface area contributed by atoms with Gasteiger partial charge < -0.3 is 14.6 Å². The molecule has 6 heteroatoms. The molecule has 0 aliphatic carbocycles. The quantitative estimate of drug-likeness (QED) is 0.427. The molecule has 3 aromatic carbocycles. The van der Waals surface area contributed by atoms with Crippen LogP contribution in [0.1, 0.15) is 28.4 Å². The number of nitrogens with one attached hydrogen (secondary N) is 1. The molecule has 0 bridgehead atoms. The molecular weight excluding hydrogens is 416 g/mol. The molecule has 0 saturated carbocycles. The van der Waals surface area contributed by atoms with Crippen LogP contribution in [0.2, 0.25) is 0 Å². The molecule has 0 fully saturated rings. The molecule has 0 spiro atoms. The van der Waals surface area contributed by atoms with Crippen molar-refractivity contribution in [2.24, 2.45) is 0 Å². The van der Waals surface area contributed by atoms with E-state index in [-0.39, 0.29) is 29.2 Å². The summed E-state index contributed by atoms with van der Waals surface area (Å²) < 4.78 is 7.07. The Bertz CT molecular complexity index is 1370. The van der Waals surface area contributed by atoms with Crippen LogP contribution in [-0.2, 0) is 11.3 Å². The van der Waals surface area contributed by atoms with Gasteiger partial charge in [-0.25, -0.2) is 0 Å². The van der Waals surface area contributed by atoms with E-state index >= 15 is 0 Å². The van der Waals surface area contributed by atoms with Crippen molar-refractivity contribution >= 4 is 28.3 Å². The molecule has 1 N–H and O–H groups in total. The number of pyridine rings is 1. The van der Waals surface area contributed by atoms with E-state index in [1.54, 1.807) is 65.2 Å². The number of fused-ring (bicyclic) bond motifs is 1. The van der Waals surface area contributed by atoms with E-state index in [2.05, 4.69) is 5.32 Å². The van der Waals surface area contributed by atoms with E-state index in [4.69, 9.17) is 4.74 Å². The number of hydrogen-bond donors (Lipinski definition) is 1. The molecule has 0 unspecified atom stereocenters. The van der Waals surface area contributed by atoms with Crippen LogP contribution in [0.5, 0.6) is 5.75 Å². The first-order valence-electron chi connectivity index (χ1n) is 10.7. The lowest BCUT2D eigenvalue weighted by Crippen LogP contribution is -2.24. The van der Waals surface area contributed by atoms with Gasteiger partial charge in [0.15, 0.2) is 5.78 Å². The first-order valence-corrected chi connectivity index (χ1v) is 10.7. The molecule has 1 aromatic heterocycles. The highest BCUT2D eigenvalue weighted by molar-refractivity contribution is 6.10. The van der Waals surface area contributed by atoms with Crippen LogP contribution in [0.4, 0.5) is 5.69 Å². The van der Waals surface area contributed by atoms with Crippen molar-refractivity contribution in [2.45, 2.75) is 20.4 Å². The van der Waals surface area contributed by atoms with Crippen molar-refractivity contribution in [1.29, 1.82) is 0 Å². The van der Waals surface area contributed by atoms with E-state index in [0.29, 0.717) is 28.8 Å². The zero-order valence-corrected chi connectivity index (χ0v) is 18.5. The minimum absolute atomic E-state index is 0.0353. The summed E-state index contributed by atoms with van der Waals surface area (Å²) in [5, 5.41) is 3.26. The number of amides is 1. The van der Waals surface area contributed by atoms with Crippen molar-refractivity contribution in [3.05, 3.63) is 106 Å². The zero-order valence-electron chi connectivity index (χ0n) is 18.5. The van der Waals surface area contributed by atoms with Crippen molar-refractivity contribution in [2.75, 3.05) is 11.9 Å². The molecule has 0 saturated heterocycles. The molecule has 0 atom stereocenters. The van der Waals surface area contributed by atoms with Crippen LogP contribution in [0.15, 0.2) is 83.8 Å². The van der Waals surface area contributed by atoms with E-state index in [1.165, 1.54) is 6.20 Å². The van der Waals surface area contributed by atoms with Crippen molar-refractivity contribution in [1.82, 2.24) is 4.57 Å². The summed E-state index contributed by atoms with van der Waals surface area (Å²) in [6.07, 6.45) is 1.48. The van der Waals surface area contributed by atoms with Gasteiger partial charge in [-0.1, -0.05) is 42.0 Å². The number of aryl methyl sites for hydroxylation is 1. The lowest BCUT2D eigenvalue weighted by molar-refractivity contribution is -0.116. The predicted octanol–water partition coefficient (Wildman–Crippen LogP) is 4.58. The van der Waals surface area contributed by atoms with Crippen LogP contribution >= 0.6 is 0 Å². The molecule has 1 heterocycles. The number of anilines is 1. The summed E-state index contributed by atoms with van der Waals surface area (Å²) in [6.45, 7) is 4.30. The Morgan fingerprint density at radius 2 is 1.70 bits per heavy atom. The Hall–Kier alpha value is -4.19. The average molecular weight is 440 g/mol. The van der Waals surface area contributed by atoms with Gasteiger partial charge in [0.2, 0.25) is 11.3 Å². The summed E-state index contributed by atoms with van der Waals surface area (Å²) in [5.74, 6) is 0.0776. The van der Waals surface area contributed by atoms with Crippen molar-refractivity contribution < 1.29 is 14.3 Å². The SMILES string of the molecule is CCOc1ccc(NC(=O)Cn2cc(C(=O)c3ccccc3)c(=O)c3cc(C)ccc32)cc1. The van der Waals surface area contributed by atoms with Gasteiger partial charge >= 0.3 is 0 Å². The first kappa shape index (κ1) is 22.0. The van der Waals surface area contributed by atoms with Crippen LogP contribution in [0, 0.1) is 6.92 Å². The Morgan fingerprint density at radius 1 is 0.970 bits per heavy atom. The Labute approximate surface area is 191 Å². The van der Waals surface area contributed by atoms with Crippen LogP contribution in [0.3, 0.4) is 0 Å². The third-order valence-electron chi connectivity index (χ3n) is 5.28. The maximum Gasteiger partial charge on any atom is 0.244 e. The van der Waals surface area contributed by atoms with Gasteiger partial charge in [0.1, 0.15) is 12.3 Å². The third-order valence-corrected chi connectivity index (χ3v) is 5.28. The Balaban J connectivity index is 1.69. The maximum atomic E-state index is 13.2. The monoisotopic (exact) mass is 440 g/mol. The number of ether oxygens (including phenoxy) is 1. The second-order valence-corrected chi connectivity index (χ2v) is 7.72. The second kappa shape index (κ2) is 9.53. The summed E-state index contributed by atoms with van der Waals surface area (Å²) >= 11 is 0. The van der Waals surface area contributed by atoms with Crippen molar-refractivity contribution in [3.63, 3.8) is 0 Å². The number of nitrogens with zero attached hydrogens (tertiary/aromatic N) is 1. The highest BCUT2D eigenvalue weighted by atomic mass is 16.5. The summed E-state index contributed by atoms with van der Waals surface area (Å²) in [6, 6.07) is 21.2. The second-order valence-electron chi connectivity index (χ2n) is 7.72. The van der Waals surface area contributed by atoms with E-state index in [9.17, 15) is 14.4 Å². The smallest absolute Gasteiger partial charge is 0.244 e. The van der Waals surface area contributed by atoms with Gasteiger partial charge in [-0.2, -0.15) is 0 Å². The summed E-state index contributed by atoms with van der Waals surface area (Å²) in [4.78, 5) is 39.1. The zero-order chi connectivity index (χ0) is 23.4. The Morgan fingerprint density at radius 3 is 2.39 bits per heavy atom. The minimum atomic E-state index is -0.371. The molecule has 4 aromatic rings. The fourth-order valence-corrected chi connectivity index (χ4v) is 3.71. The number of carbonyl (C=O) groups excluding carboxylic acids is 2. The summed E-state index contributed by atoms with van der Waals surface area (Å²) in [7, 11) is 0. The number of carbonyl (C=O) groups is 2. The molecule has 0 radical (unpaired) electrons. The standard InChI is InChI=1S/C27H24N2O4/c1-3-33-21-12-10-20(11-13-21)28-25(30)17-29-16-23(26(31)19-7-5-4-6-8-19)27(32)22-15-18(2)9-14-24(22)29/h4-16H,3,17H2,1-2H3,(H,28,30). The number of ketones is 1. The van der Waals surface area contributed by atoms with Crippen LogP contribution < -0.4 is 15.5 Å². The van der Waals surface area contributed by atoms with Gasteiger partial charge in [-0.3, -0.25) is 14.4 Å². The van der Waals surface area contributed by atoms with Gasteiger partial charge in [-0.05, 0) is 50.2 Å². The lowest BCUT2D eigenvalue weighted by atomic mass is 10.0. The van der Waals surface area contributed by atoms with Gasteiger partial charge in [0.05, 0.1) is 17.7 Å². The number of benzene rings is 3. The number of rotatable bonds is 7. The molecule has 6 nitrogen and oxygen atoms in total. The molecular formula is C27H24N2O4. The minimum Gasteiger partial charge on any atom is -0.494 e. The van der Waals surface area contributed by atoms with Gasteiger partial charge in [-0.15, -0.1) is 0 Å². The predicted molar refractivity (Wildman–Crippen MR) is 129 cm³/mol.